The maximum atomic E-state index is 12.7. The van der Waals surface area contributed by atoms with Crippen molar-refractivity contribution in [1.29, 1.82) is 5.41 Å². The third-order valence-electron chi connectivity index (χ3n) is 2.74. The number of nitrogens with zero attached hydrogens (tertiary/aromatic N) is 1. The van der Waals surface area contributed by atoms with E-state index < -0.39 is 47.0 Å². The Morgan fingerprint density at radius 1 is 1.09 bits per heavy atom. The number of carbonyl (C=O) groups is 1. The van der Waals surface area contributed by atoms with Crippen LogP contribution in [0.3, 0.4) is 0 Å². The van der Waals surface area contributed by atoms with Crippen molar-refractivity contribution < 1.29 is 35.9 Å². The predicted octanol–water partition coefficient (Wildman–Crippen LogP) is 2.16. The number of amides is 1. The number of likely N-dealkylation sites (N-methyl/N-ethyl adjacent to an activating group) is 1. The summed E-state index contributed by atoms with van der Waals surface area (Å²) in [5.41, 5.74) is -1.18. The van der Waals surface area contributed by atoms with E-state index in [1.807, 2.05) is 5.32 Å². The molecule has 0 aromatic carbocycles. The maximum absolute atomic E-state index is 12.7. The van der Waals surface area contributed by atoms with Crippen molar-refractivity contribution in [3.8, 4) is 0 Å². The van der Waals surface area contributed by atoms with Crippen LogP contribution in [0.2, 0.25) is 0 Å². The third kappa shape index (κ3) is 2.78. The Kier molecular flexibility index (Phi) is 3.46. The van der Waals surface area contributed by atoms with E-state index in [9.17, 15) is 31.1 Å². The van der Waals surface area contributed by atoms with Gasteiger partial charge in [0.15, 0.2) is 0 Å². The minimum absolute atomic E-state index is 0.277. The molecule has 0 unspecified atom stereocenters. The smallest absolute Gasteiger partial charge is 0.447 e. The molecule has 1 saturated heterocycles. The van der Waals surface area contributed by atoms with Gasteiger partial charge in [0.1, 0.15) is 5.70 Å². The largest absolute Gasteiger partial charge is 0.449 e. The molecule has 2 aliphatic rings. The van der Waals surface area contributed by atoms with Crippen LogP contribution in [0.15, 0.2) is 34.9 Å². The number of alkyl halides is 6. The number of allylic oxidation sites excluding steroid dienone is 5. The van der Waals surface area contributed by atoms with Gasteiger partial charge in [-0.3, -0.25) is 15.5 Å². The molecule has 1 fully saturated rings. The second-order valence-corrected chi connectivity index (χ2v) is 4.28. The molecule has 0 radical (unpaired) electrons. The van der Waals surface area contributed by atoms with Crippen molar-refractivity contribution in [3.63, 3.8) is 0 Å². The quantitative estimate of drug-likeness (QED) is 0.529. The Morgan fingerprint density at radius 2 is 1.55 bits per heavy atom. The molecule has 0 atom stereocenters. The lowest BCUT2D eigenvalue weighted by molar-refractivity contribution is -0.158. The van der Waals surface area contributed by atoms with Crippen LogP contribution in [-0.2, 0) is 9.53 Å². The lowest BCUT2D eigenvalue weighted by Gasteiger charge is -2.22. The van der Waals surface area contributed by atoms with E-state index in [1.165, 1.54) is 0 Å². The minimum Gasteiger partial charge on any atom is -0.447 e. The van der Waals surface area contributed by atoms with Crippen LogP contribution in [0, 0.1) is 5.41 Å². The van der Waals surface area contributed by atoms with Gasteiger partial charge in [0.25, 0.3) is 5.91 Å². The van der Waals surface area contributed by atoms with Gasteiger partial charge in [-0.25, -0.2) is 0 Å². The molecule has 0 aliphatic carbocycles. The number of halogens is 6. The molecule has 0 aromatic rings. The number of ether oxygens (including phenoxy) is 1. The molecule has 11 heteroatoms. The summed E-state index contributed by atoms with van der Waals surface area (Å²) in [5.74, 6) is -5.25. The lowest BCUT2D eigenvalue weighted by Crippen LogP contribution is -2.26. The number of guanidine groups is 1. The number of hydrogen-bond donors (Lipinski definition) is 2. The highest BCUT2D eigenvalue weighted by Crippen LogP contribution is 2.39. The molecular weight excluding hydrogens is 320 g/mol. The molecule has 2 heterocycles. The van der Waals surface area contributed by atoms with Crippen molar-refractivity contribution in [3.05, 3.63) is 34.9 Å². The highest BCUT2D eigenvalue weighted by Gasteiger charge is 2.46. The SMILES string of the molecule is CN1C(=N)NC(=O)C1=C1C=C(C(F)(F)F)OC(C(F)(F)F)=C1. The Bertz CT molecular complexity index is 609. The fourth-order valence-corrected chi connectivity index (χ4v) is 1.76. The zero-order valence-electron chi connectivity index (χ0n) is 10.7. The Labute approximate surface area is 119 Å². The van der Waals surface area contributed by atoms with Crippen LogP contribution in [-0.4, -0.2) is 36.2 Å². The van der Waals surface area contributed by atoms with Gasteiger partial charge in [-0.15, -0.1) is 0 Å². The van der Waals surface area contributed by atoms with Crippen LogP contribution in [0.25, 0.3) is 0 Å². The summed E-state index contributed by atoms with van der Waals surface area (Å²) >= 11 is 0. The predicted molar refractivity (Wildman–Crippen MR) is 60.0 cm³/mol. The zero-order valence-corrected chi connectivity index (χ0v) is 10.7. The van der Waals surface area contributed by atoms with Crippen molar-refractivity contribution in [2.24, 2.45) is 0 Å². The molecule has 0 bridgehead atoms. The van der Waals surface area contributed by atoms with Crippen LogP contribution in [0.5, 0.6) is 0 Å². The summed E-state index contributed by atoms with van der Waals surface area (Å²) in [5, 5.41) is 9.29. The van der Waals surface area contributed by atoms with Gasteiger partial charge >= 0.3 is 12.4 Å². The average Bonchev–Trinajstić information content (AvgIpc) is 2.60. The van der Waals surface area contributed by atoms with E-state index in [1.54, 1.807) is 0 Å². The van der Waals surface area contributed by atoms with Crippen LogP contribution in [0.4, 0.5) is 26.3 Å². The first-order chi connectivity index (χ1) is 9.91. The molecule has 2 aliphatic heterocycles. The zero-order chi connectivity index (χ0) is 16.9. The van der Waals surface area contributed by atoms with Crippen LogP contribution in [0.1, 0.15) is 0 Å². The summed E-state index contributed by atoms with van der Waals surface area (Å²) in [6.45, 7) is 0. The Morgan fingerprint density at radius 3 is 1.86 bits per heavy atom. The van der Waals surface area contributed by atoms with Gasteiger partial charge in [-0.1, -0.05) is 0 Å². The van der Waals surface area contributed by atoms with Gasteiger partial charge in [-0.2, -0.15) is 26.3 Å². The van der Waals surface area contributed by atoms with Crippen molar-refractivity contribution >= 4 is 11.9 Å². The lowest BCUT2D eigenvalue weighted by atomic mass is 10.1. The van der Waals surface area contributed by atoms with E-state index in [-0.39, 0.29) is 12.2 Å². The Hall–Kier alpha value is -2.46. The van der Waals surface area contributed by atoms with E-state index in [0.717, 1.165) is 11.9 Å². The number of carbonyl (C=O) groups excluding carboxylic acids is 1. The second kappa shape index (κ2) is 4.78. The molecule has 0 aromatic heterocycles. The third-order valence-corrected chi connectivity index (χ3v) is 2.74. The first-order valence-electron chi connectivity index (χ1n) is 5.55. The summed E-state index contributed by atoms with van der Waals surface area (Å²) in [6, 6.07) is 0. The molecule has 1 amide bonds. The van der Waals surface area contributed by atoms with Gasteiger partial charge in [0.2, 0.25) is 17.5 Å². The second-order valence-electron chi connectivity index (χ2n) is 4.28. The Balaban J connectivity index is 2.63. The van der Waals surface area contributed by atoms with Gasteiger partial charge < -0.3 is 9.64 Å². The minimum atomic E-state index is -5.17. The standard InChI is InChI=1S/C11H7F6N3O2/c1-20-7(8(21)19-9(20)18)4-2-5(10(12,13)14)22-6(3-4)11(15,16)17/h2-3H,1H3,(H2,18,19,21). The fraction of sp³-hybridized carbons (Fsp3) is 0.273. The molecule has 0 saturated carbocycles. The van der Waals surface area contributed by atoms with Crippen molar-refractivity contribution in [1.82, 2.24) is 10.2 Å². The van der Waals surface area contributed by atoms with Gasteiger partial charge in [0, 0.05) is 12.6 Å². The molecule has 120 valence electrons. The maximum Gasteiger partial charge on any atom is 0.449 e. The fourth-order valence-electron chi connectivity index (χ4n) is 1.76. The molecule has 22 heavy (non-hydrogen) atoms. The summed E-state index contributed by atoms with van der Waals surface area (Å²) in [7, 11) is 1.15. The molecule has 0 spiro atoms. The molecular formula is C11H7F6N3O2. The van der Waals surface area contributed by atoms with E-state index >= 15 is 0 Å². The first-order valence-corrected chi connectivity index (χ1v) is 5.55. The van der Waals surface area contributed by atoms with Crippen molar-refractivity contribution in [2.45, 2.75) is 12.4 Å². The number of rotatable bonds is 0. The number of hydrogen-bond acceptors (Lipinski definition) is 3. The molecule has 2 rings (SSSR count). The van der Waals surface area contributed by atoms with Crippen LogP contribution < -0.4 is 5.32 Å². The van der Waals surface area contributed by atoms with E-state index in [2.05, 4.69) is 4.74 Å². The van der Waals surface area contributed by atoms with E-state index in [4.69, 9.17) is 5.41 Å². The van der Waals surface area contributed by atoms with E-state index in [0.29, 0.717) is 0 Å². The summed E-state index contributed by atoms with van der Waals surface area (Å²) in [6.07, 6.45) is -9.78. The topological polar surface area (TPSA) is 65.4 Å². The number of nitrogens with one attached hydrogen (secondary N) is 2. The average molecular weight is 327 g/mol. The van der Waals surface area contributed by atoms with Gasteiger partial charge in [0.05, 0.1) is 0 Å². The summed E-state index contributed by atoms with van der Waals surface area (Å²) in [4.78, 5) is 12.4. The van der Waals surface area contributed by atoms with Crippen LogP contribution >= 0.6 is 0 Å². The molecule has 5 nitrogen and oxygen atoms in total. The summed E-state index contributed by atoms with van der Waals surface area (Å²) < 4.78 is 79.8. The monoisotopic (exact) mass is 327 g/mol. The highest BCUT2D eigenvalue weighted by atomic mass is 19.4. The van der Waals surface area contributed by atoms with Crippen molar-refractivity contribution in [2.75, 3.05) is 7.05 Å². The first kappa shape index (κ1) is 15.9. The highest BCUT2D eigenvalue weighted by molar-refractivity contribution is 6.13. The normalized spacial score (nSPS) is 19.9. The molecule has 2 N–H and O–H groups in total. The van der Waals surface area contributed by atoms with Gasteiger partial charge in [-0.05, 0) is 12.2 Å².